The Balaban J connectivity index is 2.56. The Labute approximate surface area is 86.9 Å². The van der Waals surface area contributed by atoms with Gasteiger partial charge >= 0.3 is 0 Å². The third kappa shape index (κ3) is 1.69. The molecule has 2 heterocycles. The number of halogens is 1. The van der Waals surface area contributed by atoms with E-state index in [9.17, 15) is 0 Å². The molecule has 0 atom stereocenters. The molecule has 12 heavy (non-hydrogen) atoms. The molecule has 0 amide bonds. The first kappa shape index (κ1) is 4.24. The van der Waals surface area contributed by atoms with Crippen LogP contribution in [0.25, 0.3) is 0 Å². The zero-order chi connectivity index (χ0) is 12.9. The molecule has 66 valence electrons. The fourth-order valence-corrected chi connectivity index (χ4v) is 1.23. The molecule has 0 aliphatic carbocycles. The molecule has 3 nitrogen and oxygen atoms in total. The Bertz CT molecular complexity index is 419. The van der Waals surface area contributed by atoms with Crippen molar-refractivity contribution in [2.75, 3.05) is 13.2 Å². The largest absolute Gasteiger partial charge is 0.381 e. The van der Waals surface area contributed by atoms with Gasteiger partial charge in [-0.15, -0.1) is 0 Å². The minimum atomic E-state index is -2.17. The summed E-state index contributed by atoms with van der Waals surface area (Å²) < 4.78 is 45.9. The zero-order valence-corrected chi connectivity index (χ0v) is 7.84. The van der Waals surface area contributed by atoms with Crippen molar-refractivity contribution in [2.45, 2.75) is 18.8 Å². The lowest BCUT2D eigenvalue weighted by Gasteiger charge is -2.22. The van der Waals surface area contributed by atoms with Gasteiger partial charge in [0.1, 0.15) is 4.60 Å². The van der Waals surface area contributed by atoms with E-state index in [0.717, 1.165) is 4.68 Å². The Morgan fingerprint density at radius 3 is 3.08 bits per heavy atom. The summed E-state index contributed by atoms with van der Waals surface area (Å²) in [7, 11) is 0. The highest BCUT2D eigenvalue weighted by molar-refractivity contribution is 9.10. The van der Waals surface area contributed by atoms with Crippen molar-refractivity contribution in [3.8, 4) is 0 Å². The number of hydrogen-bond donors (Lipinski definition) is 0. The number of rotatable bonds is 1. The third-order valence-corrected chi connectivity index (χ3v) is 1.89. The van der Waals surface area contributed by atoms with Gasteiger partial charge in [0, 0.05) is 24.9 Å². The predicted octanol–water partition coefficient (Wildman–Crippen LogP) is 2.00. The van der Waals surface area contributed by atoms with Gasteiger partial charge in [-0.2, -0.15) is 5.10 Å². The Kier molecular flexibility index (Phi) is 1.26. The summed E-state index contributed by atoms with van der Waals surface area (Å²) in [5.41, 5.74) is 0. The van der Waals surface area contributed by atoms with Gasteiger partial charge in [-0.25, -0.2) is 0 Å². The van der Waals surface area contributed by atoms with Crippen LogP contribution in [0.2, 0.25) is 0 Å². The van der Waals surface area contributed by atoms with Gasteiger partial charge in [-0.3, -0.25) is 4.68 Å². The molecule has 1 aliphatic rings. The van der Waals surface area contributed by atoms with Crippen LogP contribution in [-0.4, -0.2) is 23.0 Å². The molecule has 0 aromatic carbocycles. The van der Waals surface area contributed by atoms with Gasteiger partial charge in [0.2, 0.25) is 0 Å². The lowest BCUT2D eigenvalue weighted by atomic mass is 10.1. The molecule has 0 bridgehead atoms. The topological polar surface area (TPSA) is 27.1 Å². The average Bonchev–Trinajstić information content (AvgIpc) is 2.60. The smallest absolute Gasteiger partial charge is 0.128 e. The van der Waals surface area contributed by atoms with E-state index in [-0.39, 0.29) is 13.2 Å². The molecule has 1 fully saturated rings. The van der Waals surface area contributed by atoms with Crippen LogP contribution >= 0.6 is 15.9 Å². The fourth-order valence-electron chi connectivity index (χ4n) is 0.941. The van der Waals surface area contributed by atoms with E-state index >= 15 is 0 Å². The van der Waals surface area contributed by atoms with E-state index in [1.165, 1.54) is 12.3 Å². The van der Waals surface area contributed by atoms with Crippen molar-refractivity contribution < 1.29 is 11.6 Å². The van der Waals surface area contributed by atoms with Gasteiger partial charge in [-0.05, 0) is 34.7 Å². The number of ether oxygens (including phenoxy) is 1. The molecule has 2 rings (SSSR count). The molecule has 0 unspecified atom stereocenters. The van der Waals surface area contributed by atoms with Crippen LogP contribution in [0.5, 0.6) is 0 Å². The molecule has 0 spiro atoms. The lowest BCUT2D eigenvalue weighted by Crippen LogP contribution is -2.19. The molecule has 0 saturated carbocycles. The van der Waals surface area contributed by atoms with Crippen LogP contribution in [0.3, 0.4) is 0 Å². The number of aromatic nitrogens is 2. The second-order valence-electron chi connectivity index (χ2n) is 2.28. The van der Waals surface area contributed by atoms with E-state index < -0.39 is 18.8 Å². The van der Waals surface area contributed by atoms with Crippen LogP contribution in [0.4, 0.5) is 0 Å². The third-order valence-electron chi connectivity index (χ3n) is 1.47. The summed E-state index contributed by atoms with van der Waals surface area (Å²) in [6, 6.07) is -0.609. The second-order valence-corrected chi connectivity index (χ2v) is 3.09. The standard InChI is InChI=1S/C8H11BrN2O/c9-8-1-4-11(10-8)7-2-5-12-6-3-7/h1,4,7H,2-3,5-6H2/i2D2,3D2,7D. The quantitative estimate of drug-likeness (QED) is 0.745. The molecular weight excluding hydrogens is 220 g/mol. The molecule has 1 saturated heterocycles. The van der Waals surface area contributed by atoms with Gasteiger partial charge in [0.25, 0.3) is 0 Å². The van der Waals surface area contributed by atoms with E-state index in [1.807, 2.05) is 0 Å². The summed E-state index contributed by atoms with van der Waals surface area (Å²) in [4.78, 5) is 0. The highest BCUT2D eigenvalue weighted by atomic mass is 79.9. The minimum absolute atomic E-state index is 0.326. The van der Waals surface area contributed by atoms with Crippen molar-refractivity contribution in [1.82, 2.24) is 9.78 Å². The highest BCUT2D eigenvalue weighted by Crippen LogP contribution is 2.20. The fraction of sp³-hybridized carbons (Fsp3) is 0.625. The van der Waals surface area contributed by atoms with Gasteiger partial charge in [0.15, 0.2) is 0 Å². The maximum absolute atomic E-state index is 8.23. The van der Waals surface area contributed by atoms with E-state index in [1.54, 1.807) is 0 Å². The zero-order valence-electron chi connectivity index (χ0n) is 11.2. The summed E-state index contributed by atoms with van der Waals surface area (Å²) >= 11 is 3.11. The summed E-state index contributed by atoms with van der Waals surface area (Å²) in [6.07, 6.45) is -2.95. The number of hydrogen-bond acceptors (Lipinski definition) is 2. The molecule has 0 radical (unpaired) electrons. The summed E-state index contributed by atoms with van der Waals surface area (Å²) in [5.74, 6) is 0. The van der Waals surface area contributed by atoms with Crippen LogP contribution in [-0.2, 0) is 4.74 Å². The van der Waals surface area contributed by atoms with E-state index in [4.69, 9.17) is 11.6 Å². The van der Waals surface area contributed by atoms with Crippen molar-refractivity contribution in [1.29, 1.82) is 0 Å². The maximum Gasteiger partial charge on any atom is 0.128 e. The van der Waals surface area contributed by atoms with Crippen LogP contribution in [0.15, 0.2) is 16.9 Å². The Morgan fingerprint density at radius 2 is 2.50 bits per heavy atom. The summed E-state index contributed by atoms with van der Waals surface area (Å²) in [6.45, 7) is -0.652. The first-order valence-corrected chi connectivity index (χ1v) is 4.29. The van der Waals surface area contributed by atoms with E-state index in [2.05, 4.69) is 21.0 Å². The van der Waals surface area contributed by atoms with Gasteiger partial charge < -0.3 is 4.74 Å². The molecule has 0 N–H and O–H groups in total. The van der Waals surface area contributed by atoms with Crippen LogP contribution in [0.1, 0.15) is 25.6 Å². The minimum Gasteiger partial charge on any atom is -0.381 e. The molecule has 1 aromatic rings. The van der Waals surface area contributed by atoms with E-state index in [0.29, 0.717) is 4.60 Å². The molecule has 4 heteroatoms. The SMILES string of the molecule is [2H]C1([2H])COCC([2H])([2H])C1([2H])n1ccc(Br)n1. The predicted molar refractivity (Wildman–Crippen MR) is 49.0 cm³/mol. The Hall–Kier alpha value is -0.350. The van der Waals surface area contributed by atoms with Gasteiger partial charge in [-0.1, -0.05) is 0 Å². The highest BCUT2D eigenvalue weighted by Gasteiger charge is 2.15. The first-order valence-electron chi connectivity index (χ1n) is 6.00. The Morgan fingerprint density at radius 1 is 1.75 bits per heavy atom. The van der Waals surface area contributed by atoms with Crippen molar-refractivity contribution in [3.63, 3.8) is 0 Å². The monoisotopic (exact) mass is 235 g/mol. The van der Waals surface area contributed by atoms with Crippen molar-refractivity contribution in [3.05, 3.63) is 16.9 Å². The van der Waals surface area contributed by atoms with Crippen LogP contribution in [0, 0.1) is 0 Å². The van der Waals surface area contributed by atoms with Crippen molar-refractivity contribution in [2.24, 2.45) is 0 Å². The van der Waals surface area contributed by atoms with Crippen molar-refractivity contribution >= 4 is 15.9 Å². The second kappa shape index (κ2) is 3.58. The number of nitrogens with zero attached hydrogens (tertiary/aromatic N) is 2. The normalized spacial score (nSPS) is 36.9. The lowest BCUT2D eigenvalue weighted by molar-refractivity contribution is 0.0661. The molecule has 1 aromatic heterocycles. The first-order chi connectivity index (χ1) is 7.71. The van der Waals surface area contributed by atoms with Crippen LogP contribution < -0.4 is 0 Å². The maximum atomic E-state index is 8.23. The summed E-state index contributed by atoms with van der Waals surface area (Å²) in [5, 5.41) is 3.91. The molecule has 1 aliphatic heterocycles. The van der Waals surface area contributed by atoms with Gasteiger partial charge in [0.05, 0.1) is 7.39 Å². The average molecular weight is 236 g/mol. The molecular formula is C8H11BrN2O.